The molecule has 9 heteroatoms. The molecule has 0 saturated carbocycles. The molecule has 168 valence electrons. The standard InChI is InChI=1S/C24H20FN3O4S/c25-17-9-13-19(14-10-17)33(30,31)28-15-3-5-21(28)23(29)26-18-11-7-16(8-12-18)24-27-20-4-1-2-6-22(20)32-24/h1-2,4,6-14,21H,3,5,15H2,(H,26,29)/t21-/m1/s1. The summed E-state index contributed by atoms with van der Waals surface area (Å²) >= 11 is 0. The van der Waals surface area contributed by atoms with Crippen molar-refractivity contribution >= 4 is 32.7 Å². The van der Waals surface area contributed by atoms with Crippen LogP contribution in [-0.2, 0) is 14.8 Å². The van der Waals surface area contributed by atoms with Gasteiger partial charge in [0.1, 0.15) is 17.4 Å². The molecule has 1 aromatic heterocycles. The van der Waals surface area contributed by atoms with Crippen molar-refractivity contribution in [3.05, 3.63) is 78.6 Å². The molecule has 1 aliphatic heterocycles. The molecular weight excluding hydrogens is 445 g/mol. The Morgan fingerprint density at radius 2 is 1.76 bits per heavy atom. The van der Waals surface area contributed by atoms with Gasteiger partial charge in [0.05, 0.1) is 4.90 Å². The first-order valence-corrected chi connectivity index (χ1v) is 11.9. The number of nitrogens with one attached hydrogen (secondary N) is 1. The quantitative estimate of drug-likeness (QED) is 0.471. The SMILES string of the molecule is O=C(Nc1ccc(-c2nc3ccccc3o2)cc1)[C@H]1CCCN1S(=O)(=O)c1ccc(F)cc1. The fourth-order valence-corrected chi connectivity index (χ4v) is 5.61. The third kappa shape index (κ3) is 4.12. The minimum absolute atomic E-state index is 0.0358. The average molecular weight is 466 g/mol. The number of hydrogen-bond donors (Lipinski definition) is 1. The van der Waals surface area contributed by atoms with Gasteiger partial charge in [0.25, 0.3) is 0 Å². The number of nitrogens with zero attached hydrogens (tertiary/aromatic N) is 2. The Balaban J connectivity index is 1.32. The summed E-state index contributed by atoms with van der Waals surface area (Å²) in [5.41, 5.74) is 2.73. The molecule has 3 aromatic carbocycles. The zero-order valence-corrected chi connectivity index (χ0v) is 18.3. The lowest BCUT2D eigenvalue weighted by Crippen LogP contribution is -2.43. The Morgan fingerprint density at radius 3 is 2.48 bits per heavy atom. The molecule has 1 atom stereocenters. The lowest BCUT2D eigenvalue weighted by molar-refractivity contribution is -0.119. The molecule has 1 aliphatic rings. The number of rotatable bonds is 5. The lowest BCUT2D eigenvalue weighted by Gasteiger charge is -2.23. The first-order chi connectivity index (χ1) is 15.9. The fourth-order valence-electron chi connectivity index (χ4n) is 3.95. The van der Waals surface area contributed by atoms with E-state index in [-0.39, 0.29) is 11.4 Å². The van der Waals surface area contributed by atoms with Gasteiger partial charge >= 0.3 is 0 Å². The van der Waals surface area contributed by atoms with Gasteiger partial charge in [-0.25, -0.2) is 17.8 Å². The molecule has 0 unspecified atom stereocenters. The van der Waals surface area contributed by atoms with Gasteiger partial charge in [-0.3, -0.25) is 4.79 Å². The maximum Gasteiger partial charge on any atom is 0.243 e. The number of amides is 1. The summed E-state index contributed by atoms with van der Waals surface area (Å²) in [4.78, 5) is 17.3. The van der Waals surface area contributed by atoms with Crippen LogP contribution in [0.3, 0.4) is 0 Å². The van der Waals surface area contributed by atoms with Crippen LogP contribution in [0.15, 0.2) is 82.1 Å². The number of carbonyl (C=O) groups is 1. The van der Waals surface area contributed by atoms with Crippen LogP contribution < -0.4 is 5.32 Å². The van der Waals surface area contributed by atoms with Crippen LogP contribution in [0.25, 0.3) is 22.6 Å². The van der Waals surface area contributed by atoms with E-state index in [1.165, 1.54) is 16.4 Å². The smallest absolute Gasteiger partial charge is 0.243 e. The molecule has 7 nitrogen and oxygen atoms in total. The van der Waals surface area contributed by atoms with Crippen molar-refractivity contribution in [1.82, 2.24) is 9.29 Å². The monoisotopic (exact) mass is 465 g/mol. The average Bonchev–Trinajstić information content (AvgIpc) is 3.48. The number of carbonyl (C=O) groups excluding carboxylic acids is 1. The van der Waals surface area contributed by atoms with Gasteiger partial charge < -0.3 is 9.73 Å². The molecule has 0 bridgehead atoms. The lowest BCUT2D eigenvalue weighted by atomic mass is 10.2. The summed E-state index contributed by atoms with van der Waals surface area (Å²) in [6.45, 7) is 0.231. The van der Waals surface area contributed by atoms with Crippen LogP contribution in [0.1, 0.15) is 12.8 Å². The van der Waals surface area contributed by atoms with E-state index >= 15 is 0 Å². The van der Waals surface area contributed by atoms with Crippen LogP contribution in [0.5, 0.6) is 0 Å². The number of anilines is 1. The molecule has 1 amide bonds. The molecule has 0 radical (unpaired) electrons. The molecule has 5 rings (SSSR count). The van der Waals surface area contributed by atoms with E-state index in [2.05, 4.69) is 10.3 Å². The zero-order valence-electron chi connectivity index (χ0n) is 17.4. The van der Waals surface area contributed by atoms with E-state index in [0.29, 0.717) is 30.0 Å². The van der Waals surface area contributed by atoms with Crippen LogP contribution in [0.2, 0.25) is 0 Å². The minimum Gasteiger partial charge on any atom is -0.436 e. The predicted molar refractivity (Wildman–Crippen MR) is 121 cm³/mol. The van der Waals surface area contributed by atoms with E-state index in [9.17, 15) is 17.6 Å². The fraction of sp³-hybridized carbons (Fsp3) is 0.167. The minimum atomic E-state index is -3.91. The van der Waals surface area contributed by atoms with E-state index in [1.54, 1.807) is 24.3 Å². The number of benzene rings is 3. The molecule has 0 spiro atoms. The highest BCUT2D eigenvalue weighted by atomic mass is 32.2. The van der Waals surface area contributed by atoms with Gasteiger partial charge in [0.2, 0.25) is 21.8 Å². The summed E-state index contributed by atoms with van der Waals surface area (Å²) in [5.74, 6) is -0.458. The largest absolute Gasteiger partial charge is 0.436 e. The first-order valence-electron chi connectivity index (χ1n) is 10.5. The maximum absolute atomic E-state index is 13.2. The van der Waals surface area contributed by atoms with Crippen LogP contribution in [0, 0.1) is 5.82 Å². The van der Waals surface area contributed by atoms with Crippen molar-refractivity contribution < 1.29 is 22.0 Å². The summed E-state index contributed by atoms with van der Waals surface area (Å²) in [7, 11) is -3.91. The predicted octanol–water partition coefficient (Wildman–Crippen LogP) is 4.43. The van der Waals surface area contributed by atoms with Gasteiger partial charge in [-0.15, -0.1) is 0 Å². The normalized spacial score (nSPS) is 16.8. The van der Waals surface area contributed by atoms with Gasteiger partial charge in [-0.1, -0.05) is 12.1 Å². The second kappa shape index (κ2) is 8.42. The summed E-state index contributed by atoms with van der Waals surface area (Å²) in [6.07, 6.45) is 0.975. The van der Waals surface area contributed by atoms with Crippen molar-refractivity contribution in [3.8, 4) is 11.5 Å². The van der Waals surface area contributed by atoms with Crippen molar-refractivity contribution in [2.75, 3.05) is 11.9 Å². The number of aromatic nitrogens is 1. The van der Waals surface area contributed by atoms with Gasteiger partial charge in [-0.05, 0) is 73.5 Å². The molecule has 33 heavy (non-hydrogen) atoms. The molecule has 1 N–H and O–H groups in total. The number of halogens is 1. The Labute approximate surface area is 189 Å². The Kier molecular flexibility index (Phi) is 5.43. The molecule has 1 fully saturated rings. The number of hydrogen-bond acceptors (Lipinski definition) is 5. The van der Waals surface area contributed by atoms with Gasteiger partial charge in [0, 0.05) is 17.8 Å². The Morgan fingerprint density at radius 1 is 1.03 bits per heavy atom. The topological polar surface area (TPSA) is 92.5 Å². The number of sulfonamides is 1. The van der Waals surface area contributed by atoms with Crippen LogP contribution in [0.4, 0.5) is 10.1 Å². The number of para-hydroxylation sites is 2. The highest BCUT2D eigenvalue weighted by Gasteiger charge is 2.39. The number of oxazole rings is 1. The molecule has 0 aliphatic carbocycles. The zero-order chi connectivity index (χ0) is 23.0. The molecule has 4 aromatic rings. The Hall–Kier alpha value is -3.56. The second-order valence-corrected chi connectivity index (χ2v) is 9.67. The Bertz CT molecular complexity index is 1380. The third-order valence-electron chi connectivity index (χ3n) is 5.62. The van der Waals surface area contributed by atoms with E-state index < -0.39 is 27.8 Å². The maximum atomic E-state index is 13.2. The summed E-state index contributed by atoms with van der Waals surface area (Å²) in [5, 5.41) is 2.80. The van der Waals surface area contributed by atoms with E-state index in [4.69, 9.17) is 4.42 Å². The van der Waals surface area contributed by atoms with Crippen LogP contribution >= 0.6 is 0 Å². The summed E-state index contributed by atoms with van der Waals surface area (Å²) in [6, 6.07) is 18.2. The molecule has 1 saturated heterocycles. The molecule has 2 heterocycles. The van der Waals surface area contributed by atoms with Crippen molar-refractivity contribution in [2.45, 2.75) is 23.8 Å². The van der Waals surface area contributed by atoms with Gasteiger partial charge in [-0.2, -0.15) is 4.31 Å². The van der Waals surface area contributed by atoms with E-state index in [0.717, 1.165) is 23.2 Å². The van der Waals surface area contributed by atoms with Crippen LogP contribution in [-0.4, -0.2) is 36.2 Å². The highest BCUT2D eigenvalue weighted by Crippen LogP contribution is 2.28. The first kappa shape index (κ1) is 21.3. The van der Waals surface area contributed by atoms with Crippen molar-refractivity contribution in [1.29, 1.82) is 0 Å². The highest BCUT2D eigenvalue weighted by molar-refractivity contribution is 7.89. The van der Waals surface area contributed by atoms with E-state index in [1.807, 2.05) is 24.3 Å². The molecular formula is C24H20FN3O4S. The van der Waals surface area contributed by atoms with Gasteiger partial charge in [0.15, 0.2) is 5.58 Å². The third-order valence-corrected chi connectivity index (χ3v) is 7.54. The van der Waals surface area contributed by atoms with Crippen molar-refractivity contribution in [2.24, 2.45) is 0 Å². The van der Waals surface area contributed by atoms with Crippen molar-refractivity contribution in [3.63, 3.8) is 0 Å². The number of fused-ring (bicyclic) bond motifs is 1. The second-order valence-electron chi connectivity index (χ2n) is 7.78. The summed E-state index contributed by atoms with van der Waals surface area (Å²) < 4.78 is 46.1.